The lowest BCUT2D eigenvalue weighted by Crippen LogP contribution is -2.02. The number of aromatic nitrogens is 2. The number of aryl methyl sites for hydroxylation is 2. The summed E-state index contributed by atoms with van der Waals surface area (Å²) in [5.74, 6) is 0.776. The van der Waals surface area contributed by atoms with E-state index in [1.165, 1.54) is 5.56 Å². The van der Waals surface area contributed by atoms with Gasteiger partial charge in [0, 0.05) is 23.5 Å². The standard InChI is InChI=1S/C21H19ClN2O2/c22-21-18-10-12-24(20(18)17-3-1-2-4-19(17)23-21)11-9-15-5-7-16(8-6-15)26-14-13-25/h1-8,10,12,25H,9,11,13-14H2. The maximum Gasteiger partial charge on any atom is 0.139 e. The molecule has 0 aliphatic rings. The first-order valence-electron chi connectivity index (χ1n) is 8.62. The minimum absolute atomic E-state index is 0.0217. The fourth-order valence-corrected chi connectivity index (χ4v) is 3.47. The van der Waals surface area contributed by atoms with Gasteiger partial charge in [0.2, 0.25) is 0 Å². The molecule has 4 rings (SSSR count). The van der Waals surface area contributed by atoms with Gasteiger partial charge in [-0.25, -0.2) is 4.98 Å². The van der Waals surface area contributed by atoms with Crippen LogP contribution in [0.25, 0.3) is 21.8 Å². The summed E-state index contributed by atoms with van der Waals surface area (Å²) >= 11 is 6.37. The number of hydrogen-bond donors (Lipinski definition) is 1. The summed E-state index contributed by atoms with van der Waals surface area (Å²) in [5, 5.41) is 11.5. The average Bonchev–Trinajstić information content (AvgIpc) is 3.11. The van der Waals surface area contributed by atoms with Crippen molar-refractivity contribution in [2.24, 2.45) is 0 Å². The molecule has 0 aliphatic carbocycles. The molecule has 4 aromatic rings. The van der Waals surface area contributed by atoms with Crippen LogP contribution in [-0.4, -0.2) is 27.9 Å². The van der Waals surface area contributed by atoms with Crippen molar-refractivity contribution in [1.29, 1.82) is 0 Å². The highest BCUT2D eigenvalue weighted by Gasteiger charge is 2.11. The van der Waals surface area contributed by atoms with E-state index >= 15 is 0 Å². The van der Waals surface area contributed by atoms with Gasteiger partial charge in [-0.1, -0.05) is 41.9 Å². The largest absolute Gasteiger partial charge is 0.491 e. The molecule has 2 aromatic carbocycles. The van der Waals surface area contributed by atoms with E-state index in [-0.39, 0.29) is 6.61 Å². The van der Waals surface area contributed by atoms with Crippen LogP contribution < -0.4 is 4.74 Å². The second kappa shape index (κ2) is 7.36. The number of hydrogen-bond acceptors (Lipinski definition) is 3. The first-order chi connectivity index (χ1) is 12.8. The van der Waals surface area contributed by atoms with Crippen molar-refractivity contribution in [2.45, 2.75) is 13.0 Å². The number of fused-ring (bicyclic) bond motifs is 3. The Labute approximate surface area is 156 Å². The number of ether oxygens (including phenoxy) is 1. The summed E-state index contributed by atoms with van der Waals surface area (Å²) < 4.78 is 7.64. The predicted octanol–water partition coefficient (Wildman–Crippen LogP) is 4.46. The molecule has 0 fully saturated rings. The minimum atomic E-state index is 0.0217. The van der Waals surface area contributed by atoms with Crippen molar-refractivity contribution in [3.63, 3.8) is 0 Å². The number of halogens is 1. The van der Waals surface area contributed by atoms with Gasteiger partial charge in [-0.05, 0) is 36.2 Å². The zero-order valence-corrected chi connectivity index (χ0v) is 15.0. The Kier molecular flexibility index (Phi) is 4.78. The fourth-order valence-electron chi connectivity index (χ4n) is 3.23. The summed E-state index contributed by atoms with van der Waals surface area (Å²) in [7, 11) is 0. The van der Waals surface area contributed by atoms with Crippen molar-refractivity contribution in [3.05, 3.63) is 71.5 Å². The molecule has 5 heteroatoms. The second-order valence-electron chi connectivity index (χ2n) is 6.16. The highest BCUT2D eigenvalue weighted by atomic mass is 35.5. The third-order valence-corrected chi connectivity index (χ3v) is 4.78. The number of aliphatic hydroxyl groups is 1. The lowest BCUT2D eigenvalue weighted by atomic mass is 10.1. The van der Waals surface area contributed by atoms with Crippen LogP contribution in [0.5, 0.6) is 5.75 Å². The van der Waals surface area contributed by atoms with Gasteiger partial charge < -0.3 is 14.4 Å². The van der Waals surface area contributed by atoms with Crippen molar-refractivity contribution < 1.29 is 9.84 Å². The lowest BCUT2D eigenvalue weighted by Gasteiger charge is -2.09. The summed E-state index contributed by atoms with van der Waals surface area (Å²) in [6.45, 7) is 1.19. The van der Waals surface area contributed by atoms with Crippen LogP contribution in [0.3, 0.4) is 0 Å². The van der Waals surface area contributed by atoms with E-state index in [2.05, 4.69) is 33.9 Å². The van der Waals surface area contributed by atoms with Crippen LogP contribution in [-0.2, 0) is 13.0 Å². The number of para-hydroxylation sites is 1. The van der Waals surface area contributed by atoms with E-state index < -0.39 is 0 Å². The molecule has 0 saturated carbocycles. The highest BCUT2D eigenvalue weighted by molar-refractivity contribution is 6.35. The Balaban J connectivity index is 1.60. The van der Waals surface area contributed by atoms with Crippen molar-refractivity contribution >= 4 is 33.4 Å². The topological polar surface area (TPSA) is 47.3 Å². The van der Waals surface area contributed by atoms with Crippen LogP contribution in [0.1, 0.15) is 5.56 Å². The van der Waals surface area contributed by atoms with Gasteiger partial charge in [-0.2, -0.15) is 0 Å². The van der Waals surface area contributed by atoms with Crippen LogP contribution in [0.2, 0.25) is 5.15 Å². The molecule has 2 aromatic heterocycles. The third kappa shape index (κ3) is 3.26. The Morgan fingerprint density at radius 1 is 1.00 bits per heavy atom. The minimum Gasteiger partial charge on any atom is -0.491 e. The SMILES string of the molecule is OCCOc1ccc(CCn2ccc3c(Cl)nc4ccccc4c32)cc1. The molecule has 0 saturated heterocycles. The Bertz CT molecular complexity index is 1040. The van der Waals surface area contributed by atoms with E-state index in [1.54, 1.807) is 0 Å². The molecule has 0 atom stereocenters. The third-order valence-electron chi connectivity index (χ3n) is 4.49. The summed E-state index contributed by atoms with van der Waals surface area (Å²) in [4.78, 5) is 4.49. The van der Waals surface area contributed by atoms with E-state index in [9.17, 15) is 0 Å². The molecular formula is C21H19ClN2O2. The zero-order chi connectivity index (χ0) is 17.9. The molecule has 4 nitrogen and oxygen atoms in total. The number of rotatable bonds is 6. The first-order valence-corrected chi connectivity index (χ1v) is 9.00. The molecule has 2 heterocycles. The van der Waals surface area contributed by atoms with E-state index in [0.717, 1.165) is 40.5 Å². The van der Waals surface area contributed by atoms with Crippen LogP contribution >= 0.6 is 11.6 Å². The van der Waals surface area contributed by atoms with E-state index in [0.29, 0.717) is 11.8 Å². The molecule has 26 heavy (non-hydrogen) atoms. The molecule has 1 N–H and O–H groups in total. The van der Waals surface area contributed by atoms with Gasteiger partial charge in [-0.3, -0.25) is 0 Å². The fraction of sp³-hybridized carbons (Fsp3) is 0.190. The monoisotopic (exact) mass is 366 g/mol. The molecule has 132 valence electrons. The highest BCUT2D eigenvalue weighted by Crippen LogP contribution is 2.30. The normalized spacial score (nSPS) is 11.3. The summed E-state index contributed by atoms with van der Waals surface area (Å²) in [5.41, 5.74) is 3.27. The van der Waals surface area contributed by atoms with Crippen LogP contribution in [0, 0.1) is 0 Å². The molecule has 0 spiro atoms. The average molecular weight is 367 g/mol. The first kappa shape index (κ1) is 16.9. The van der Waals surface area contributed by atoms with Gasteiger partial charge in [-0.15, -0.1) is 0 Å². The van der Waals surface area contributed by atoms with Gasteiger partial charge in [0.05, 0.1) is 17.6 Å². The Morgan fingerprint density at radius 3 is 2.62 bits per heavy atom. The van der Waals surface area contributed by atoms with Gasteiger partial charge in [0.1, 0.15) is 17.5 Å². The van der Waals surface area contributed by atoms with Crippen molar-refractivity contribution in [2.75, 3.05) is 13.2 Å². The maximum atomic E-state index is 8.81. The Morgan fingerprint density at radius 2 is 1.81 bits per heavy atom. The van der Waals surface area contributed by atoms with Crippen LogP contribution in [0.15, 0.2) is 60.8 Å². The smallest absolute Gasteiger partial charge is 0.139 e. The van der Waals surface area contributed by atoms with Crippen molar-refractivity contribution in [1.82, 2.24) is 9.55 Å². The van der Waals surface area contributed by atoms with Gasteiger partial charge in [0.15, 0.2) is 0 Å². The van der Waals surface area contributed by atoms with Gasteiger partial charge >= 0.3 is 0 Å². The van der Waals surface area contributed by atoms with E-state index in [1.807, 2.05) is 36.4 Å². The molecule has 0 amide bonds. The van der Waals surface area contributed by atoms with E-state index in [4.69, 9.17) is 21.4 Å². The quantitative estimate of drug-likeness (QED) is 0.512. The van der Waals surface area contributed by atoms with Gasteiger partial charge in [0.25, 0.3) is 0 Å². The zero-order valence-electron chi connectivity index (χ0n) is 14.2. The number of benzene rings is 2. The van der Waals surface area contributed by atoms with Crippen LogP contribution in [0.4, 0.5) is 0 Å². The predicted molar refractivity (Wildman–Crippen MR) is 105 cm³/mol. The lowest BCUT2D eigenvalue weighted by molar-refractivity contribution is 0.201. The molecular weight excluding hydrogens is 348 g/mol. The number of nitrogens with zero attached hydrogens (tertiary/aromatic N) is 2. The summed E-state index contributed by atoms with van der Waals surface area (Å²) in [6, 6.07) is 18.1. The van der Waals surface area contributed by atoms with Crippen molar-refractivity contribution in [3.8, 4) is 5.75 Å². The molecule has 0 radical (unpaired) electrons. The number of aliphatic hydroxyl groups excluding tert-OH is 1. The Hall–Kier alpha value is -2.56. The molecule has 0 aliphatic heterocycles. The second-order valence-corrected chi connectivity index (χ2v) is 6.52. The molecule has 0 unspecified atom stereocenters. The number of pyridine rings is 1. The summed E-state index contributed by atoms with van der Waals surface area (Å²) in [6.07, 6.45) is 2.97. The maximum absolute atomic E-state index is 8.81. The molecule has 0 bridgehead atoms.